The van der Waals surface area contributed by atoms with Crippen LogP contribution >= 0.6 is 11.8 Å². The second-order valence-corrected chi connectivity index (χ2v) is 7.06. The molecule has 0 aliphatic carbocycles. The summed E-state index contributed by atoms with van der Waals surface area (Å²) < 4.78 is 0. The van der Waals surface area contributed by atoms with Gasteiger partial charge in [-0.15, -0.1) is 11.8 Å². The van der Waals surface area contributed by atoms with Gasteiger partial charge in [-0.25, -0.2) is 0 Å². The normalized spacial score (nSPS) is 13.3. The molecule has 0 aromatic heterocycles. The molecule has 1 atom stereocenters. The molecule has 0 bridgehead atoms. The van der Waals surface area contributed by atoms with Crippen LogP contribution in [0.15, 0.2) is 29.2 Å². The van der Waals surface area contributed by atoms with Crippen molar-refractivity contribution < 1.29 is 4.79 Å². The molecule has 1 rings (SSSR count). The molecule has 0 heterocycles. The minimum atomic E-state index is -0.188. The summed E-state index contributed by atoms with van der Waals surface area (Å²) >= 11 is 1.74. The van der Waals surface area contributed by atoms with E-state index >= 15 is 0 Å². The van der Waals surface area contributed by atoms with E-state index in [0.717, 1.165) is 6.54 Å². The number of benzene rings is 1. The van der Waals surface area contributed by atoms with Gasteiger partial charge in [-0.1, -0.05) is 12.1 Å². The average molecular weight is 294 g/mol. The Kier molecular flexibility index (Phi) is 6.08. The lowest BCUT2D eigenvalue weighted by Crippen LogP contribution is -2.49. The first-order valence-electron chi connectivity index (χ1n) is 6.88. The van der Waals surface area contributed by atoms with Crippen molar-refractivity contribution in [2.75, 3.05) is 13.3 Å². The minimum Gasteiger partial charge on any atom is -0.350 e. The molecule has 0 radical (unpaired) electrons. The summed E-state index contributed by atoms with van der Waals surface area (Å²) in [6.45, 7) is 8.71. The van der Waals surface area contributed by atoms with Gasteiger partial charge in [0, 0.05) is 17.0 Å². The predicted molar refractivity (Wildman–Crippen MR) is 87.0 cm³/mol. The van der Waals surface area contributed by atoms with Gasteiger partial charge in [0.1, 0.15) is 0 Å². The fourth-order valence-corrected chi connectivity index (χ4v) is 2.24. The standard InChI is InChI=1S/C16H26N2OS/c1-12(15(19)17-16(2,3)4)18(5)11-13-7-9-14(20-6)10-8-13/h7-10,12H,11H2,1-6H3,(H,17,19). The number of carbonyl (C=O) groups is 1. The smallest absolute Gasteiger partial charge is 0.237 e. The second kappa shape index (κ2) is 7.14. The molecular formula is C16H26N2OS. The fraction of sp³-hybridized carbons (Fsp3) is 0.562. The van der Waals surface area contributed by atoms with Crippen LogP contribution in [0.4, 0.5) is 0 Å². The minimum absolute atomic E-state index is 0.0701. The summed E-state index contributed by atoms with van der Waals surface area (Å²) in [5, 5.41) is 3.02. The van der Waals surface area contributed by atoms with Gasteiger partial charge in [0.15, 0.2) is 0 Å². The summed E-state index contributed by atoms with van der Waals surface area (Å²) in [4.78, 5) is 15.5. The van der Waals surface area contributed by atoms with Gasteiger partial charge in [-0.05, 0) is 58.7 Å². The number of hydrogen-bond acceptors (Lipinski definition) is 3. The number of nitrogens with zero attached hydrogens (tertiary/aromatic N) is 1. The number of nitrogens with one attached hydrogen (secondary N) is 1. The maximum absolute atomic E-state index is 12.1. The number of thioether (sulfide) groups is 1. The van der Waals surface area contributed by atoms with E-state index in [1.165, 1.54) is 10.5 Å². The Morgan fingerprint density at radius 3 is 2.30 bits per heavy atom. The van der Waals surface area contributed by atoms with E-state index in [2.05, 4.69) is 40.7 Å². The van der Waals surface area contributed by atoms with Crippen LogP contribution in [-0.2, 0) is 11.3 Å². The molecule has 0 spiro atoms. The Bertz CT molecular complexity index is 437. The Hall–Kier alpha value is -1.00. The van der Waals surface area contributed by atoms with E-state index in [4.69, 9.17) is 0 Å². The third kappa shape index (κ3) is 5.55. The zero-order chi connectivity index (χ0) is 15.3. The van der Waals surface area contributed by atoms with Crippen molar-refractivity contribution in [1.82, 2.24) is 10.2 Å². The highest BCUT2D eigenvalue weighted by atomic mass is 32.2. The van der Waals surface area contributed by atoms with Gasteiger partial charge in [0.05, 0.1) is 6.04 Å². The number of likely N-dealkylation sites (N-methyl/N-ethyl adjacent to an activating group) is 1. The number of hydrogen-bond donors (Lipinski definition) is 1. The molecule has 1 aromatic carbocycles. The summed E-state index contributed by atoms with van der Waals surface area (Å²) in [7, 11) is 1.98. The molecule has 1 aromatic rings. The Morgan fingerprint density at radius 1 is 1.30 bits per heavy atom. The van der Waals surface area contributed by atoms with E-state index in [1.807, 2.05) is 34.7 Å². The van der Waals surface area contributed by atoms with Crippen molar-refractivity contribution in [2.24, 2.45) is 0 Å². The molecule has 0 fully saturated rings. The van der Waals surface area contributed by atoms with Crippen LogP contribution in [0.3, 0.4) is 0 Å². The zero-order valence-corrected chi connectivity index (χ0v) is 14.2. The van der Waals surface area contributed by atoms with Crippen LogP contribution in [0.1, 0.15) is 33.3 Å². The zero-order valence-electron chi connectivity index (χ0n) is 13.4. The van der Waals surface area contributed by atoms with Crippen LogP contribution in [0.2, 0.25) is 0 Å². The quantitative estimate of drug-likeness (QED) is 0.847. The van der Waals surface area contributed by atoms with E-state index in [0.29, 0.717) is 0 Å². The maximum Gasteiger partial charge on any atom is 0.237 e. The lowest BCUT2D eigenvalue weighted by atomic mass is 10.1. The summed E-state index contributed by atoms with van der Waals surface area (Å²) in [6, 6.07) is 8.34. The molecular weight excluding hydrogens is 268 g/mol. The fourth-order valence-electron chi connectivity index (χ4n) is 1.83. The monoisotopic (exact) mass is 294 g/mol. The Morgan fingerprint density at radius 2 is 1.85 bits per heavy atom. The first kappa shape index (κ1) is 17.1. The van der Waals surface area contributed by atoms with Gasteiger partial charge < -0.3 is 5.32 Å². The summed E-state index contributed by atoms with van der Waals surface area (Å²) in [5.41, 5.74) is 1.03. The number of amides is 1. The Labute approximate surface area is 127 Å². The highest BCUT2D eigenvalue weighted by molar-refractivity contribution is 7.98. The molecule has 20 heavy (non-hydrogen) atoms. The highest BCUT2D eigenvalue weighted by Gasteiger charge is 2.22. The van der Waals surface area contributed by atoms with Gasteiger partial charge in [0.2, 0.25) is 5.91 Å². The lowest BCUT2D eigenvalue weighted by molar-refractivity contribution is -0.127. The van der Waals surface area contributed by atoms with Crippen molar-refractivity contribution in [3.8, 4) is 0 Å². The van der Waals surface area contributed by atoms with Gasteiger partial charge in [-0.2, -0.15) is 0 Å². The Balaban J connectivity index is 2.60. The molecule has 0 aliphatic heterocycles. The van der Waals surface area contributed by atoms with Gasteiger partial charge >= 0.3 is 0 Å². The molecule has 4 heteroatoms. The van der Waals surface area contributed by atoms with Crippen LogP contribution in [0.25, 0.3) is 0 Å². The van der Waals surface area contributed by atoms with Crippen molar-refractivity contribution >= 4 is 17.7 Å². The van der Waals surface area contributed by atoms with Crippen molar-refractivity contribution in [3.63, 3.8) is 0 Å². The van der Waals surface area contributed by atoms with E-state index in [1.54, 1.807) is 11.8 Å². The number of carbonyl (C=O) groups excluding carboxylic acids is 1. The first-order valence-corrected chi connectivity index (χ1v) is 8.10. The molecule has 0 aliphatic rings. The van der Waals surface area contributed by atoms with Gasteiger partial charge in [-0.3, -0.25) is 9.69 Å². The maximum atomic E-state index is 12.1. The van der Waals surface area contributed by atoms with Crippen molar-refractivity contribution in [2.45, 2.75) is 50.7 Å². The molecule has 0 saturated carbocycles. The lowest BCUT2D eigenvalue weighted by Gasteiger charge is -2.28. The highest BCUT2D eigenvalue weighted by Crippen LogP contribution is 2.16. The topological polar surface area (TPSA) is 32.3 Å². The molecule has 1 unspecified atom stereocenters. The summed E-state index contributed by atoms with van der Waals surface area (Å²) in [6.07, 6.45) is 2.07. The molecule has 0 saturated heterocycles. The van der Waals surface area contributed by atoms with Crippen LogP contribution in [0.5, 0.6) is 0 Å². The molecule has 3 nitrogen and oxygen atoms in total. The summed E-state index contributed by atoms with van der Waals surface area (Å²) in [5.74, 6) is 0.0701. The second-order valence-electron chi connectivity index (χ2n) is 6.18. The van der Waals surface area contributed by atoms with Gasteiger partial charge in [0.25, 0.3) is 0 Å². The third-order valence-corrected chi connectivity index (χ3v) is 3.87. The van der Waals surface area contributed by atoms with Crippen LogP contribution in [0, 0.1) is 0 Å². The third-order valence-electron chi connectivity index (χ3n) is 3.13. The van der Waals surface area contributed by atoms with Crippen molar-refractivity contribution in [1.29, 1.82) is 0 Å². The largest absolute Gasteiger partial charge is 0.350 e. The van der Waals surface area contributed by atoms with E-state index in [-0.39, 0.29) is 17.5 Å². The van der Waals surface area contributed by atoms with Crippen LogP contribution in [-0.4, -0.2) is 35.7 Å². The molecule has 1 amide bonds. The first-order chi connectivity index (χ1) is 9.23. The van der Waals surface area contributed by atoms with Crippen molar-refractivity contribution in [3.05, 3.63) is 29.8 Å². The predicted octanol–water partition coefficient (Wildman–Crippen LogP) is 3.14. The SMILES string of the molecule is CSc1ccc(CN(C)C(C)C(=O)NC(C)(C)C)cc1. The average Bonchev–Trinajstić information content (AvgIpc) is 2.36. The van der Waals surface area contributed by atoms with E-state index < -0.39 is 0 Å². The molecule has 1 N–H and O–H groups in total. The number of rotatable bonds is 5. The molecule has 112 valence electrons. The van der Waals surface area contributed by atoms with E-state index in [9.17, 15) is 4.79 Å². The van der Waals surface area contributed by atoms with Crippen LogP contribution < -0.4 is 5.32 Å².